The average molecular weight is 472 g/mol. The number of anilines is 1. The lowest BCUT2D eigenvalue weighted by atomic mass is 9.86. The molecule has 0 aliphatic heterocycles. The van der Waals surface area contributed by atoms with Crippen molar-refractivity contribution in [3.8, 4) is 11.1 Å². The molecule has 1 heterocycles. The van der Waals surface area contributed by atoms with Gasteiger partial charge >= 0.3 is 11.7 Å². The Bertz CT molecular complexity index is 1360. The lowest BCUT2D eigenvalue weighted by Gasteiger charge is -2.22. The third kappa shape index (κ3) is 5.30. The van der Waals surface area contributed by atoms with Gasteiger partial charge in [0.25, 0.3) is 0 Å². The van der Waals surface area contributed by atoms with Crippen molar-refractivity contribution in [2.75, 3.05) is 18.4 Å². The number of aromatic nitrogens is 1. The molecular formula is C28H29N3O4. The summed E-state index contributed by atoms with van der Waals surface area (Å²) < 4.78 is 12.2. The van der Waals surface area contributed by atoms with Gasteiger partial charge in [-0.05, 0) is 47.7 Å². The summed E-state index contributed by atoms with van der Waals surface area (Å²) in [5.74, 6) is -0.811. The fourth-order valence-corrected chi connectivity index (χ4v) is 4.25. The van der Waals surface area contributed by atoms with Crippen LogP contribution in [0, 0.1) is 5.92 Å². The number of carbonyl (C=O) groups excluding carboxylic acids is 1. The zero-order valence-electron chi connectivity index (χ0n) is 19.5. The largest absolute Gasteiger partial charge is 0.443 e. The number of rotatable bonds is 10. The molecule has 7 heteroatoms. The molecule has 1 aliphatic rings. The van der Waals surface area contributed by atoms with Gasteiger partial charge in [-0.15, -0.1) is 0 Å². The molecule has 7 nitrogen and oxygen atoms in total. The predicted octanol–water partition coefficient (Wildman–Crippen LogP) is 4.76. The van der Waals surface area contributed by atoms with E-state index in [9.17, 15) is 9.59 Å². The standard InChI is InChI=1S/C28H29N3O4/c32-27(22-10-5-11-22)34-19-31-25-14-6-13-24(26(25)35-28(31)33)30-16-15-29-18-20-7-4-12-23(17-20)21-8-2-1-3-9-21/h1-4,6-9,12-14,17,22,29-30H,5,10-11,15-16,18-19H2. The van der Waals surface area contributed by atoms with Gasteiger partial charge in [0.15, 0.2) is 12.3 Å². The summed E-state index contributed by atoms with van der Waals surface area (Å²) in [5, 5.41) is 6.79. The zero-order valence-corrected chi connectivity index (χ0v) is 19.5. The van der Waals surface area contributed by atoms with Crippen LogP contribution in [0.1, 0.15) is 24.8 Å². The van der Waals surface area contributed by atoms with Gasteiger partial charge in [0.1, 0.15) is 0 Å². The van der Waals surface area contributed by atoms with Gasteiger partial charge < -0.3 is 19.8 Å². The molecular weight excluding hydrogens is 442 g/mol. The van der Waals surface area contributed by atoms with Crippen molar-refractivity contribution in [1.82, 2.24) is 9.88 Å². The Morgan fingerprint density at radius 2 is 1.77 bits per heavy atom. The van der Waals surface area contributed by atoms with Gasteiger partial charge in [0, 0.05) is 19.6 Å². The van der Waals surface area contributed by atoms with Crippen LogP contribution >= 0.6 is 0 Å². The van der Waals surface area contributed by atoms with Crippen molar-refractivity contribution in [3.05, 3.63) is 88.9 Å². The van der Waals surface area contributed by atoms with Gasteiger partial charge in [-0.2, -0.15) is 0 Å². The minimum Gasteiger partial charge on any atom is -0.443 e. The number of carbonyl (C=O) groups is 1. The third-order valence-corrected chi connectivity index (χ3v) is 6.45. The number of nitrogens with zero attached hydrogens (tertiary/aromatic N) is 1. The smallest absolute Gasteiger partial charge is 0.422 e. The number of benzene rings is 3. The number of ether oxygens (including phenoxy) is 1. The highest BCUT2D eigenvalue weighted by atomic mass is 16.5. The van der Waals surface area contributed by atoms with Crippen LogP contribution < -0.4 is 16.4 Å². The number of hydrogen-bond donors (Lipinski definition) is 2. The first-order chi connectivity index (χ1) is 17.2. The van der Waals surface area contributed by atoms with E-state index in [1.165, 1.54) is 21.3 Å². The molecule has 0 unspecified atom stereocenters. The molecule has 0 bridgehead atoms. The Morgan fingerprint density at radius 3 is 2.57 bits per heavy atom. The summed E-state index contributed by atoms with van der Waals surface area (Å²) in [6.07, 6.45) is 2.78. The number of para-hydroxylation sites is 1. The molecule has 0 amide bonds. The second-order valence-corrected chi connectivity index (χ2v) is 8.84. The fourth-order valence-electron chi connectivity index (χ4n) is 4.25. The van der Waals surface area contributed by atoms with E-state index in [2.05, 4.69) is 47.0 Å². The molecule has 0 spiro atoms. The van der Waals surface area contributed by atoms with E-state index in [4.69, 9.17) is 9.15 Å². The molecule has 5 rings (SSSR count). The number of fused-ring (bicyclic) bond motifs is 1. The van der Waals surface area contributed by atoms with Crippen molar-refractivity contribution >= 4 is 22.8 Å². The van der Waals surface area contributed by atoms with E-state index in [1.54, 1.807) is 6.07 Å². The van der Waals surface area contributed by atoms with Crippen molar-refractivity contribution in [1.29, 1.82) is 0 Å². The minimum absolute atomic E-state index is 0.0330. The number of esters is 1. The maximum absolute atomic E-state index is 12.4. The molecule has 1 saturated carbocycles. The molecule has 2 N–H and O–H groups in total. The minimum atomic E-state index is -0.535. The highest BCUT2D eigenvalue weighted by molar-refractivity contribution is 5.86. The molecule has 1 aromatic heterocycles. The molecule has 180 valence electrons. The lowest BCUT2D eigenvalue weighted by Crippen LogP contribution is -2.26. The maximum Gasteiger partial charge on any atom is 0.422 e. The Labute approximate surface area is 203 Å². The molecule has 0 atom stereocenters. The Hall–Kier alpha value is -3.84. The van der Waals surface area contributed by atoms with Gasteiger partial charge in [-0.25, -0.2) is 9.36 Å². The molecule has 1 fully saturated rings. The van der Waals surface area contributed by atoms with Crippen LogP contribution in [-0.2, 0) is 22.8 Å². The van der Waals surface area contributed by atoms with E-state index in [0.29, 0.717) is 17.6 Å². The fraction of sp³-hybridized carbons (Fsp3) is 0.286. The quantitative estimate of drug-likeness (QED) is 0.256. The van der Waals surface area contributed by atoms with Crippen molar-refractivity contribution in [3.63, 3.8) is 0 Å². The zero-order chi connectivity index (χ0) is 24.0. The van der Waals surface area contributed by atoms with Crippen molar-refractivity contribution < 1.29 is 13.9 Å². The maximum atomic E-state index is 12.4. The van der Waals surface area contributed by atoms with E-state index >= 15 is 0 Å². The van der Waals surface area contributed by atoms with Crippen LogP contribution in [0.5, 0.6) is 0 Å². The molecule has 4 aromatic rings. The van der Waals surface area contributed by atoms with Gasteiger partial charge in [-0.1, -0.05) is 61.0 Å². The summed E-state index contributed by atoms with van der Waals surface area (Å²) in [7, 11) is 0. The molecule has 0 saturated heterocycles. The number of oxazole rings is 1. The summed E-state index contributed by atoms with van der Waals surface area (Å²) >= 11 is 0. The highest BCUT2D eigenvalue weighted by Gasteiger charge is 2.27. The summed E-state index contributed by atoms with van der Waals surface area (Å²) in [6.45, 7) is 2.01. The van der Waals surface area contributed by atoms with Gasteiger partial charge in [0.05, 0.1) is 17.1 Å². The Kier molecular flexibility index (Phi) is 6.95. The summed E-state index contributed by atoms with van der Waals surface area (Å²) in [6, 6.07) is 24.4. The monoisotopic (exact) mass is 471 g/mol. The second-order valence-electron chi connectivity index (χ2n) is 8.84. The van der Waals surface area contributed by atoms with Crippen LogP contribution in [0.3, 0.4) is 0 Å². The van der Waals surface area contributed by atoms with Crippen LogP contribution in [-0.4, -0.2) is 23.6 Å². The van der Waals surface area contributed by atoms with E-state index in [-0.39, 0.29) is 18.6 Å². The van der Waals surface area contributed by atoms with Crippen LogP contribution in [0.15, 0.2) is 82.0 Å². The first kappa shape index (κ1) is 22.9. The summed E-state index contributed by atoms with van der Waals surface area (Å²) in [4.78, 5) is 24.4. The normalized spacial score (nSPS) is 13.5. The number of nitrogens with one attached hydrogen (secondary N) is 2. The first-order valence-electron chi connectivity index (χ1n) is 12.1. The average Bonchev–Trinajstić information content (AvgIpc) is 3.18. The first-order valence-corrected chi connectivity index (χ1v) is 12.1. The predicted molar refractivity (Wildman–Crippen MR) is 136 cm³/mol. The molecule has 3 aromatic carbocycles. The number of hydrogen-bond acceptors (Lipinski definition) is 6. The third-order valence-electron chi connectivity index (χ3n) is 6.45. The van der Waals surface area contributed by atoms with E-state index < -0.39 is 5.76 Å². The van der Waals surface area contributed by atoms with Crippen molar-refractivity contribution in [2.45, 2.75) is 32.5 Å². The van der Waals surface area contributed by atoms with Crippen LogP contribution in [0.4, 0.5) is 5.69 Å². The summed E-state index contributed by atoms with van der Waals surface area (Å²) in [5.41, 5.74) is 5.42. The lowest BCUT2D eigenvalue weighted by molar-refractivity contribution is -0.155. The molecule has 1 aliphatic carbocycles. The van der Waals surface area contributed by atoms with Crippen LogP contribution in [0.2, 0.25) is 0 Å². The SMILES string of the molecule is O=C(OCn1c(=O)oc2c(NCCNCc3cccc(-c4ccccc4)c3)cccc21)C1CCC1. The van der Waals surface area contributed by atoms with Crippen molar-refractivity contribution in [2.24, 2.45) is 5.92 Å². The van der Waals surface area contributed by atoms with E-state index in [0.717, 1.165) is 38.0 Å². The molecule has 35 heavy (non-hydrogen) atoms. The van der Waals surface area contributed by atoms with Gasteiger partial charge in [-0.3, -0.25) is 4.79 Å². The topological polar surface area (TPSA) is 85.5 Å². The second kappa shape index (κ2) is 10.6. The molecule has 0 radical (unpaired) electrons. The van der Waals surface area contributed by atoms with Gasteiger partial charge in [0.2, 0.25) is 0 Å². The highest BCUT2D eigenvalue weighted by Crippen LogP contribution is 2.28. The van der Waals surface area contributed by atoms with Crippen LogP contribution in [0.25, 0.3) is 22.2 Å². The Morgan fingerprint density at radius 1 is 0.971 bits per heavy atom. The van der Waals surface area contributed by atoms with E-state index in [1.807, 2.05) is 30.3 Å². The Balaban J connectivity index is 1.15.